The molecule has 0 fully saturated rings. The molecule has 18 heavy (non-hydrogen) atoms. The first-order valence-electron chi connectivity index (χ1n) is 5.70. The lowest BCUT2D eigenvalue weighted by Crippen LogP contribution is -2.34. The summed E-state index contributed by atoms with van der Waals surface area (Å²) in [6.45, 7) is -0.0346. The number of hydrogen-bond acceptors (Lipinski definition) is 4. The number of benzene rings is 1. The molecule has 1 unspecified atom stereocenters. The van der Waals surface area contributed by atoms with Gasteiger partial charge in [-0.2, -0.15) is 0 Å². The number of rotatable bonds is 7. The van der Waals surface area contributed by atoms with Crippen LogP contribution in [0.25, 0.3) is 0 Å². The highest BCUT2D eigenvalue weighted by Crippen LogP contribution is 2.18. The maximum Gasteiger partial charge on any atom is 0.156 e. The summed E-state index contributed by atoms with van der Waals surface area (Å²) in [6, 6.07) is 6.68. The molecule has 6 heteroatoms. The third-order valence-corrected chi connectivity index (χ3v) is 4.70. The van der Waals surface area contributed by atoms with Gasteiger partial charge in [-0.15, -0.1) is 0 Å². The van der Waals surface area contributed by atoms with Gasteiger partial charge in [-0.25, -0.2) is 8.42 Å². The summed E-state index contributed by atoms with van der Waals surface area (Å²) in [6.07, 6.45) is 0.415. The maximum absolute atomic E-state index is 12.0. The fraction of sp³-hybridized carbons (Fsp3) is 0.500. The van der Waals surface area contributed by atoms with Crippen LogP contribution in [0.3, 0.4) is 0 Å². The van der Waals surface area contributed by atoms with E-state index in [1.165, 1.54) is 0 Å². The normalized spacial score (nSPS) is 13.5. The van der Waals surface area contributed by atoms with E-state index in [1.54, 1.807) is 31.3 Å². The smallest absolute Gasteiger partial charge is 0.156 e. The molecule has 0 amide bonds. The Morgan fingerprint density at radius 1 is 1.39 bits per heavy atom. The van der Waals surface area contributed by atoms with E-state index >= 15 is 0 Å². The Balaban J connectivity index is 2.73. The van der Waals surface area contributed by atoms with Crippen LogP contribution in [0, 0.1) is 0 Å². The Kier molecular flexibility index (Phi) is 6.08. The van der Waals surface area contributed by atoms with Crippen LogP contribution in [0.5, 0.6) is 0 Å². The Morgan fingerprint density at radius 3 is 2.61 bits per heavy atom. The standard InChI is InChI=1S/C12H18ClNO3S/c1-14-11(6-7-15)9-18(16,17)8-10-4-2-3-5-12(10)13/h2-5,11,14-15H,6-9H2,1H3. The van der Waals surface area contributed by atoms with Crippen LogP contribution in [0.1, 0.15) is 12.0 Å². The second kappa shape index (κ2) is 7.09. The number of aliphatic hydroxyl groups excluding tert-OH is 1. The molecule has 0 aromatic heterocycles. The summed E-state index contributed by atoms with van der Waals surface area (Å²) in [5.74, 6) is -0.0778. The third-order valence-electron chi connectivity index (χ3n) is 2.67. The molecule has 102 valence electrons. The Morgan fingerprint density at radius 2 is 2.06 bits per heavy atom. The zero-order chi connectivity index (χ0) is 13.6. The van der Waals surface area contributed by atoms with Crippen molar-refractivity contribution in [3.63, 3.8) is 0 Å². The van der Waals surface area contributed by atoms with Crippen LogP contribution in [0.4, 0.5) is 0 Å². The number of aliphatic hydroxyl groups is 1. The first kappa shape index (κ1) is 15.4. The quantitative estimate of drug-likeness (QED) is 0.793. The summed E-state index contributed by atoms with van der Waals surface area (Å²) in [5, 5.41) is 12.2. The Bertz CT molecular complexity index is 476. The van der Waals surface area contributed by atoms with Gasteiger partial charge in [-0.05, 0) is 25.1 Å². The highest BCUT2D eigenvalue weighted by atomic mass is 35.5. The van der Waals surface area contributed by atoms with Gasteiger partial charge in [-0.3, -0.25) is 0 Å². The Hall–Kier alpha value is -0.620. The largest absolute Gasteiger partial charge is 0.396 e. The third kappa shape index (κ3) is 4.94. The van der Waals surface area contributed by atoms with Crippen LogP contribution in [0.15, 0.2) is 24.3 Å². The molecule has 0 bridgehead atoms. The second-order valence-electron chi connectivity index (χ2n) is 4.14. The molecule has 1 atom stereocenters. The van der Waals surface area contributed by atoms with Crippen molar-refractivity contribution in [3.8, 4) is 0 Å². The highest BCUT2D eigenvalue weighted by molar-refractivity contribution is 7.90. The first-order chi connectivity index (χ1) is 8.48. The molecule has 4 nitrogen and oxygen atoms in total. The predicted octanol–water partition coefficient (Wildman–Crippen LogP) is 1.23. The van der Waals surface area contributed by atoms with Gasteiger partial charge in [0, 0.05) is 17.7 Å². The number of nitrogens with one attached hydrogen (secondary N) is 1. The zero-order valence-electron chi connectivity index (χ0n) is 10.3. The van der Waals surface area contributed by atoms with Crippen molar-refractivity contribution in [2.24, 2.45) is 0 Å². The molecule has 0 radical (unpaired) electrons. The van der Waals surface area contributed by atoms with E-state index in [4.69, 9.17) is 16.7 Å². The maximum atomic E-state index is 12.0. The topological polar surface area (TPSA) is 66.4 Å². The van der Waals surface area contributed by atoms with Crippen LogP contribution in [0.2, 0.25) is 5.02 Å². The number of sulfone groups is 1. The lowest BCUT2D eigenvalue weighted by molar-refractivity contribution is 0.272. The molecule has 1 aromatic carbocycles. The van der Waals surface area contributed by atoms with E-state index in [1.807, 2.05) is 0 Å². The monoisotopic (exact) mass is 291 g/mol. The molecule has 0 heterocycles. The van der Waals surface area contributed by atoms with Gasteiger partial charge in [-0.1, -0.05) is 29.8 Å². The molecule has 0 saturated carbocycles. The second-order valence-corrected chi connectivity index (χ2v) is 6.66. The van der Waals surface area contributed by atoms with Crippen LogP contribution >= 0.6 is 11.6 Å². The van der Waals surface area contributed by atoms with Crippen LogP contribution in [-0.4, -0.2) is 39.0 Å². The Labute approximate surface area is 113 Å². The number of hydrogen-bond donors (Lipinski definition) is 2. The van der Waals surface area contributed by atoms with Crippen molar-refractivity contribution in [3.05, 3.63) is 34.9 Å². The molecule has 1 rings (SSSR count). The molecule has 0 aliphatic rings. The van der Waals surface area contributed by atoms with E-state index in [2.05, 4.69) is 5.32 Å². The molecule has 1 aromatic rings. The fourth-order valence-corrected chi connectivity index (χ4v) is 3.76. The summed E-state index contributed by atoms with van der Waals surface area (Å²) < 4.78 is 24.0. The minimum absolute atomic E-state index is 0.00468. The van der Waals surface area contributed by atoms with E-state index in [0.717, 1.165) is 0 Å². The van der Waals surface area contributed by atoms with E-state index < -0.39 is 9.84 Å². The lowest BCUT2D eigenvalue weighted by Gasteiger charge is -2.15. The van der Waals surface area contributed by atoms with E-state index in [9.17, 15) is 8.42 Å². The minimum Gasteiger partial charge on any atom is -0.396 e. The van der Waals surface area contributed by atoms with Gasteiger partial charge in [0.1, 0.15) is 0 Å². The number of halogens is 1. The molecular weight excluding hydrogens is 274 g/mol. The highest BCUT2D eigenvalue weighted by Gasteiger charge is 2.19. The minimum atomic E-state index is -3.25. The van der Waals surface area contributed by atoms with Gasteiger partial charge < -0.3 is 10.4 Å². The molecule has 0 aliphatic carbocycles. The molecular formula is C12H18ClNO3S. The van der Waals surface area contributed by atoms with Crippen molar-refractivity contribution >= 4 is 21.4 Å². The van der Waals surface area contributed by atoms with E-state index in [-0.39, 0.29) is 24.2 Å². The average Bonchev–Trinajstić information content (AvgIpc) is 2.31. The predicted molar refractivity (Wildman–Crippen MR) is 73.5 cm³/mol. The van der Waals surface area contributed by atoms with Crippen LogP contribution < -0.4 is 5.32 Å². The summed E-state index contributed by atoms with van der Waals surface area (Å²) in [4.78, 5) is 0. The van der Waals surface area contributed by atoms with Gasteiger partial charge >= 0.3 is 0 Å². The molecule has 0 spiro atoms. The van der Waals surface area contributed by atoms with Gasteiger partial charge in [0.15, 0.2) is 9.84 Å². The zero-order valence-corrected chi connectivity index (χ0v) is 11.8. The summed E-state index contributed by atoms with van der Waals surface area (Å²) >= 11 is 5.94. The van der Waals surface area contributed by atoms with Crippen molar-refractivity contribution in [2.45, 2.75) is 18.2 Å². The van der Waals surface area contributed by atoms with Crippen LogP contribution in [-0.2, 0) is 15.6 Å². The fourth-order valence-electron chi connectivity index (χ4n) is 1.68. The van der Waals surface area contributed by atoms with Crippen molar-refractivity contribution in [2.75, 3.05) is 19.4 Å². The van der Waals surface area contributed by atoms with Gasteiger partial charge in [0.2, 0.25) is 0 Å². The molecule has 2 N–H and O–H groups in total. The molecule has 0 aliphatic heterocycles. The van der Waals surface area contributed by atoms with E-state index in [0.29, 0.717) is 17.0 Å². The van der Waals surface area contributed by atoms with Gasteiger partial charge in [0.05, 0.1) is 11.5 Å². The summed E-state index contributed by atoms with van der Waals surface area (Å²) in [7, 11) is -1.56. The summed E-state index contributed by atoms with van der Waals surface area (Å²) in [5.41, 5.74) is 0.609. The average molecular weight is 292 g/mol. The van der Waals surface area contributed by atoms with Crippen molar-refractivity contribution in [1.29, 1.82) is 0 Å². The molecule has 0 saturated heterocycles. The lowest BCUT2D eigenvalue weighted by atomic mass is 10.2. The van der Waals surface area contributed by atoms with Gasteiger partial charge in [0.25, 0.3) is 0 Å². The van der Waals surface area contributed by atoms with Crippen molar-refractivity contribution < 1.29 is 13.5 Å². The SMILES string of the molecule is CNC(CCO)CS(=O)(=O)Cc1ccccc1Cl. The first-order valence-corrected chi connectivity index (χ1v) is 7.90. The van der Waals surface area contributed by atoms with Crippen molar-refractivity contribution in [1.82, 2.24) is 5.32 Å².